The summed E-state index contributed by atoms with van der Waals surface area (Å²) in [4.78, 5) is 15.6. The van der Waals surface area contributed by atoms with E-state index in [4.69, 9.17) is 0 Å². The van der Waals surface area contributed by atoms with Crippen LogP contribution < -0.4 is 5.32 Å². The average Bonchev–Trinajstić information content (AvgIpc) is 3.19. The predicted molar refractivity (Wildman–Crippen MR) is 89.5 cm³/mol. The molecular weight excluding hydrogens is 361 g/mol. The number of hydrogen-bond acceptors (Lipinski definition) is 4. The van der Waals surface area contributed by atoms with Crippen LogP contribution >= 0.6 is 15.9 Å². The summed E-state index contributed by atoms with van der Waals surface area (Å²) >= 11 is 3.37. The maximum atomic E-state index is 13.8. The summed E-state index contributed by atoms with van der Waals surface area (Å²) < 4.78 is 14.5. The summed E-state index contributed by atoms with van der Waals surface area (Å²) in [5, 5.41) is 3.44. The van der Waals surface area contributed by atoms with Gasteiger partial charge >= 0.3 is 0 Å². The zero-order chi connectivity index (χ0) is 15.8. The Hall–Kier alpha value is -2.02. The maximum Gasteiger partial charge on any atom is 0.182 e. The maximum absolute atomic E-state index is 13.8. The second kappa shape index (κ2) is 5.88. The smallest absolute Gasteiger partial charge is 0.182 e. The van der Waals surface area contributed by atoms with Crippen LogP contribution in [0.1, 0.15) is 30.9 Å². The molecule has 0 saturated heterocycles. The topological polar surface area (TPSA) is 66.5 Å². The van der Waals surface area contributed by atoms with Crippen molar-refractivity contribution in [3.05, 3.63) is 46.7 Å². The third-order valence-corrected chi connectivity index (χ3v) is 4.54. The minimum atomic E-state index is -0.244. The molecule has 1 aromatic carbocycles. The first-order valence-corrected chi connectivity index (χ1v) is 8.35. The zero-order valence-corrected chi connectivity index (χ0v) is 13.8. The summed E-state index contributed by atoms with van der Waals surface area (Å²) in [6.45, 7) is 0. The van der Waals surface area contributed by atoms with Crippen LogP contribution in [0.5, 0.6) is 0 Å². The molecular formula is C16H15BrFN5. The first-order valence-electron chi connectivity index (χ1n) is 7.55. The van der Waals surface area contributed by atoms with E-state index in [0.717, 1.165) is 22.0 Å². The summed E-state index contributed by atoms with van der Waals surface area (Å²) in [6, 6.07) is 5.00. The summed E-state index contributed by atoms with van der Waals surface area (Å²) in [6.07, 6.45) is 6.51. The van der Waals surface area contributed by atoms with Gasteiger partial charge in [-0.05, 0) is 36.1 Å². The first kappa shape index (κ1) is 14.6. The summed E-state index contributed by atoms with van der Waals surface area (Å²) in [7, 11) is 0. The highest BCUT2D eigenvalue weighted by Crippen LogP contribution is 2.39. The molecule has 1 saturated carbocycles. The van der Waals surface area contributed by atoms with Gasteiger partial charge in [0.25, 0.3) is 0 Å². The van der Waals surface area contributed by atoms with Crippen LogP contribution in [0.3, 0.4) is 0 Å². The molecule has 118 valence electrons. The van der Waals surface area contributed by atoms with Crippen molar-refractivity contribution in [3.8, 4) is 0 Å². The third-order valence-electron chi connectivity index (χ3n) is 4.09. The monoisotopic (exact) mass is 375 g/mol. The largest absolute Gasteiger partial charge is 0.361 e. The van der Waals surface area contributed by atoms with Gasteiger partial charge in [0.05, 0.1) is 12.4 Å². The minimum absolute atomic E-state index is 0.00380. The van der Waals surface area contributed by atoms with Crippen molar-refractivity contribution in [3.63, 3.8) is 0 Å². The number of aromatic amines is 1. The fourth-order valence-electron chi connectivity index (χ4n) is 2.78. The Morgan fingerprint density at radius 1 is 1.26 bits per heavy atom. The Kier molecular flexibility index (Phi) is 3.72. The van der Waals surface area contributed by atoms with Gasteiger partial charge in [0.1, 0.15) is 17.7 Å². The number of halogens is 2. The molecule has 1 aliphatic carbocycles. The van der Waals surface area contributed by atoms with Crippen molar-refractivity contribution in [2.75, 3.05) is 5.32 Å². The average molecular weight is 376 g/mol. The number of rotatable bonds is 5. The van der Waals surface area contributed by atoms with Gasteiger partial charge in [-0.2, -0.15) is 0 Å². The zero-order valence-electron chi connectivity index (χ0n) is 12.3. The van der Waals surface area contributed by atoms with Gasteiger partial charge in [0, 0.05) is 4.47 Å². The van der Waals surface area contributed by atoms with Crippen molar-refractivity contribution in [2.24, 2.45) is 5.92 Å². The van der Waals surface area contributed by atoms with Gasteiger partial charge < -0.3 is 10.3 Å². The van der Waals surface area contributed by atoms with Crippen molar-refractivity contribution in [1.82, 2.24) is 19.9 Å². The van der Waals surface area contributed by atoms with Crippen molar-refractivity contribution in [1.29, 1.82) is 0 Å². The highest BCUT2D eigenvalue weighted by Gasteiger charge is 2.27. The number of hydrogen-bond donors (Lipinski definition) is 2. The Balaban J connectivity index is 1.69. The van der Waals surface area contributed by atoms with Crippen molar-refractivity contribution >= 4 is 32.9 Å². The van der Waals surface area contributed by atoms with E-state index < -0.39 is 0 Å². The molecule has 0 amide bonds. The quantitative estimate of drug-likeness (QED) is 0.700. The standard InChI is InChI=1S/C16H15BrFN5/c17-11-4-10(5-12(18)6-11)13(3-9-1-2-9)23-16-14-15(20-7-19-14)21-8-22-16/h4-9,13H,1-3H2,(H2,19,20,21,22,23). The van der Waals surface area contributed by atoms with Crippen LogP contribution in [0.25, 0.3) is 11.2 Å². The lowest BCUT2D eigenvalue weighted by atomic mass is 10.0. The molecule has 0 radical (unpaired) electrons. The molecule has 2 heterocycles. The van der Waals surface area contributed by atoms with E-state index in [1.54, 1.807) is 12.4 Å². The highest BCUT2D eigenvalue weighted by molar-refractivity contribution is 9.10. The lowest BCUT2D eigenvalue weighted by molar-refractivity contribution is 0.602. The number of aromatic nitrogens is 4. The molecule has 1 atom stereocenters. The van der Waals surface area contributed by atoms with E-state index in [9.17, 15) is 4.39 Å². The molecule has 0 spiro atoms. The molecule has 0 bridgehead atoms. The molecule has 4 rings (SSSR count). The van der Waals surface area contributed by atoms with Crippen LogP contribution in [0.15, 0.2) is 35.3 Å². The van der Waals surface area contributed by atoms with Crippen LogP contribution in [0, 0.1) is 11.7 Å². The Morgan fingerprint density at radius 3 is 2.91 bits per heavy atom. The van der Waals surface area contributed by atoms with Crippen LogP contribution in [0.2, 0.25) is 0 Å². The molecule has 1 fully saturated rings. The predicted octanol–water partition coefficient (Wildman–Crippen LogP) is 4.21. The number of anilines is 1. The van der Waals surface area contributed by atoms with E-state index in [0.29, 0.717) is 17.4 Å². The molecule has 2 aromatic heterocycles. The molecule has 1 aliphatic rings. The Bertz CT molecular complexity index is 825. The van der Waals surface area contributed by atoms with E-state index in [1.807, 2.05) is 6.07 Å². The van der Waals surface area contributed by atoms with Gasteiger partial charge in [0.2, 0.25) is 0 Å². The number of nitrogens with one attached hydrogen (secondary N) is 2. The molecule has 7 heteroatoms. The van der Waals surface area contributed by atoms with Gasteiger partial charge in [0.15, 0.2) is 11.5 Å². The molecule has 2 N–H and O–H groups in total. The number of nitrogens with zero attached hydrogens (tertiary/aromatic N) is 3. The number of imidazole rings is 1. The number of benzene rings is 1. The minimum Gasteiger partial charge on any atom is -0.361 e. The van der Waals surface area contributed by atoms with E-state index in [-0.39, 0.29) is 11.9 Å². The van der Waals surface area contributed by atoms with Crippen molar-refractivity contribution in [2.45, 2.75) is 25.3 Å². The lowest BCUT2D eigenvalue weighted by Crippen LogP contribution is -2.13. The highest BCUT2D eigenvalue weighted by atomic mass is 79.9. The lowest BCUT2D eigenvalue weighted by Gasteiger charge is -2.20. The van der Waals surface area contributed by atoms with E-state index in [1.165, 1.54) is 25.2 Å². The summed E-state index contributed by atoms with van der Waals surface area (Å²) in [5.41, 5.74) is 2.30. The number of H-pyrrole nitrogens is 1. The Morgan fingerprint density at radius 2 is 2.13 bits per heavy atom. The molecule has 5 nitrogen and oxygen atoms in total. The number of fused-ring (bicyclic) bond motifs is 1. The van der Waals surface area contributed by atoms with E-state index >= 15 is 0 Å². The Labute approximate surface area is 140 Å². The van der Waals surface area contributed by atoms with Crippen LogP contribution in [-0.2, 0) is 0 Å². The molecule has 23 heavy (non-hydrogen) atoms. The normalized spacial score (nSPS) is 15.7. The van der Waals surface area contributed by atoms with Crippen LogP contribution in [0.4, 0.5) is 10.2 Å². The van der Waals surface area contributed by atoms with Gasteiger partial charge in [-0.3, -0.25) is 0 Å². The van der Waals surface area contributed by atoms with Gasteiger partial charge in [-0.15, -0.1) is 0 Å². The fraction of sp³-hybridized carbons (Fsp3) is 0.312. The SMILES string of the molecule is Fc1cc(Br)cc(C(CC2CC2)Nc2ncnc3nc[nH]c23)c1. The molecule has 1 unspecified atom stereocenters. The van der Waals surface area contributed by atoms with Crippen molar-refractivity contribution < 1.29 is 4.39 Å². The molecule has 3 aromatic rings. The van der Waals surface area contributed by atoms with Gasteiger partial charge in [-0.25, -0.2) is 19.3 Å². The summed E-state index contributed by atoms with van der Waals surface area (Å²) in [5.74, 6) is 1.14. The fourth-order valence-corrected chi connectivity index (χ4v) is 3.26. The third kappa shape index (κ3) is 3.19. The second-order valence-electron chi connectivity index (χ2n) is 5.90. The van der Waals surface area contributed by atoms with Gasteiger partial charge in [-0.1, -0.05) is 28.8 Å². The molecule has 0 aliphatic heterocycles. The first-order chi connectivity index (χ1) is 11.2. The van der Waals surface area contributed by atoms with E-state index in [2.05, 4.69) is 41.2 Å². The second-order valence-corrected chi connectivity index (χ2v) is 6.82. The van der Waals surface area contributed by atoms with Crippen LogP contribution in [-0.4, -0.2) is 19.9 Å².